The molecule has 0 bridgehead atoms. The van der Waals surface area contributed by atoms with E-state index >= 15 is 0 Å². The Labute approximate surface area is 113 Å². The van der Waals surface area contributed by atoms with Crippen molar-refractivity contribution in [1.82, 2.24) is 4.98 Å². The molecular formula is C13H10ClF3N2. The molecule has 1 N–H and O–H groups in total. The Bertz CT molecular complexity index is 597. The van der Waals surface area contributed by atoms with Crippen LogP contribution in [0.3, 0.4) is 0 Å². The first-order chi connectivity index (χ1) is 8.91. The summed E-state index contributed by atoms with van der Waals surface area (Å²) in [4.78, 5) is 3.68. The largest absolute Gasteiger partial charge is 0.433 e. The van der Waals surface area contributed by atoms with Crippen LogP contribution < -0.4 is 5.32 Å². The standard InChI is InChI=1S/C13H10ClF3N2/c1-18-10-5-6-11(13(15,16)17)19-12(10)8-3-2-4-9(14)7-8/h2-7,18H,1H3. The van der Waals surface area contributed by atoms with Gasteiger partial charge >= 0.3 is 6.18 Å². The molecule has 100 valence electrons. The molecule has 0 radical (unpaired) electrons. The minimum Gasteiger partial charge on any atom is -0.386 e. The van der Waals surface area contributed by atoms with Crippen LogP contribution in [-0.4, -0.2) is 12.0 Å². The predicted octanol–water partition coefficient (Wildman–Crippen LogP) is 4.46. The predicted molar refractivity (Wildman–Crippen MR) is 69.2 cm³/mol. The van der Waals surface area contributed by atoms with Gasteiger partial charge in [0.15, 0.2) is 0 Å². The molecule has 0 unspecified atom stereocenters. The molecule has 6 heteroatoms. The molecule has 2 aromatic rings. The van der Waals surface area contributed by atoms with Crippen molar-refractivity contribution in [3.05, 3.63) is 47.1 Å². The van der Waals surface area contributed by atoms with E-state index in [2.05, 4.69) is 10.3 Å². The molecule has 0 fully saturated rings. The summed E-state index contributed by atoms with van der Waals surface area (Å²) in [5.74, 6) is 0. The van der Waals surface area contributed by atoms with Gasteiger partial charge in [-0.1, -0.05) is 23.7 Å². The van der Waals surface area contributed by atoms with Gasteiger partial charge in [0.05, 0.1) is 11.4 Å². The zero-order valence-corrected chi connectivity index (χ0v) is 10.7. The normalized spacial score (nSPS) is 11.4. The van der Waals surface area contributed by atoms with Crippen molar-refractivity contribution in [3.63, 3.8) is 0 Å². The van der Waals surface area contributed by atoms with Gasteiger partial charge in [-0.2, -0.15) is 13.2 Å². The average molecular weight is 287 g/mol. The maximum absolute atomic E-state index is 12.7. The fraction of sp³-hybridized carbons (Fsp3) is 0.154. The molecule has 0 aliphatic heterocycles. The highest BCUT2D eigenvalue weighted by Crippen LogP contribution is 2.33. The highest BCUT2D eigenvalue weighted by molar-refractivity contribution is 6.30. The van der Waals surface area contributed by atoms with Crippen molar-refractivity contribution in [2.45, 2.75) is 6.18 Å². The molecule has 19 heavy (non-hydrogen) atoms. The Morgan fingerprint density at radius 1 is 1.16 bits per heavy atom. The molecule has 0 amide bonds. The molecule has 1 heterocycles. The number of alkyl halides is 3. The van der Waals surface area contributed by atoms with Crippen LogP contribution in [0.1, 0.15) is 5.69 Å². The Morgan fingerprint density at radius 3 is 2.47 bits per heavy atom. The molecule has 0 spiro atoms. The first kappa shape index (κ1) is 13.7. The first-order valence-electron chi connectivity index (χ1n) is 5.44. The Kier molecular flexibility index (Phi) is 3.66. The van der Waals surface area contributed by atoms with Crippen LogP contribution in [0.15, 0.2) is 36.4 Å². The fourth-order valence-corrected chi connectivity index (χ4v) is 1.86. The van der Waals surface area contributed by atoms with Gasteiger partial charge < -0.3 is 5.32 Å². The maximum atomic E-state index is 12.7. The van der Waals surface area contributed by atoms with Gasteiger partial charge in [-0.05, 0) is 24.3 Å². The lowest BCUT2D eigenvalue weighted by Gasteiger charge is -2.12. The molecular weight excluding hydrogens is 277 g/mol. The van der Waals surface area contributed by atoms with Crippen molar-refractivity contribution in [3.8, 4) is 11.3 Å². The molecule has 1 aromatic heterocycles. The van der Waals surface area contributed by atoms with Crippen molar-refractivity contribution >= 4 is 17.3 Å². The third-order valence-electron chi connectivity index (χ3n) is 2.55. The molecule has 0 aliphatic carbocycles. The number of nitrogens with zero attached hydrogens (tertiary/aromatic N) is 1. The third-order valence-corrected chi connectivity index (χ3v) is 2.79. The van der Waals surface area contributed by atoms with Crippen LogP contribution in [0.5, 0.6) is 0 Å². The summed E-state index contributed by atoms with van der Waals surface area (Å²) in [7, 11) is 1.62. The van der Waals surface area contributed by atoms with Gasteiger partial charge in [0, 0.05) is 17.6 Å². The van der Waals surface area contributed by atoms with Crippen molar-refractivity contribution in [1.29, 1.82) is 0 Å². The van der Waals surface area contributed by atoms with E-state index < -0.39 is 11.9 Å². The summed E-state index contributed by atoms with van der Waals surface area (Å²) in [6, 6.07) is 8.85. The summed E-state index contributed by atoms with van der Waals surface area (Å²) in [6.45, 7) is 0. The van der Waals surface area contributed by atoms with Gasteiger partial charge in [-0.15, -0.1) is 0 Å². The quantitative estimate of drug-likeness (QED) is 0.881. The Balaban J connectivity index is 2.60. The van der Waals surface area contributed by atoms with Gasteiger partial charge in [0.2, 0.25) is 0 Å². The van der Waals surface area contributed by atoms with Crippen LogP contribution in [-0.2, 0) is 6.18 Å². The van der Waals surface area contributed by atoms with Crippen LogP contribution >= 0.6 is 11.6 Å². The van der Waals surface area contributed by atoms with Gasteiger partial charge in [0.25, 0.3) is 0 Å². The minimum absolute atomic E-state index is 0.222. The summed E-state index contributed by atoms with van der Waals surface area (Å²) in [6.07, 6.45) is -4.47. The van der Waals surface area contributed by atoms with Crippen LogP contribution in [0.25, 0.3) is 11.3 Å². The number of nitrogens with one attached hydrogen (secondary N) is 1. The van der Waals surface area contributed by atoms with E-state index in [4.69, 9.17) is 11.6 Å². The highest BCUT2D eigenvalue weighted by Gasteiger charge is 2.33. The van der Waals surface area contributed by atoms with Crippen LogP contribution in [0.4, 0.5) is 18.9 Å². The molecule has 0 saturated carbocycles. The molecule has 2 rings (SSSR count). The molecule has 0 saturated heterocycles. The van der Waals surface area contributed by atoms with Crippen molar-refractivity contribution in [2.75, 3.05) is 12.4 Å². The Hall–Kier alpha value is -1.75. The number of benzene rings is 1. The summed E-state index contributed by atoms with van der Waals surface area (Å²) in [5.41, 5.74) is 0.333. The van der Waals surface area contributed by atoms with E-state index in [-0.39, 0.29) is 5.69 Å². The first-order valence-corrected chi connectivity index (χ1v) is 5.81. The molecule has 2 nitrogen and oxygen atoms in total. The third kappa shape index (κ3) is 2.98. The number of hydrogen-bond donors (Lipinski definition) is 1. The lowest BCUT2D eigenvalue weighted by molar-refractivity contribution is -0.141. The topological polar surface area (TPSA) is 24.9 Å². The number of rotatable bonds is 2. The molecule has 1 aromatic carbocycles. The fourth-order valence-electron chi connectivity index (χ4n) is 1.67. The highest BCUT2D eigenvalue weighted by atomic mass is 35.5. The van der Waals surface area contributed by atoms with E-state index in [1.165, 1.54) is 6.07 Å². The summed E-state index contributed by atoms with van der Waals surface area (Å²) < 4.78 is 38.1. The van der Waals surface area contributed by atoms with E-state index in [0.717, 1.165) is 6.07 Å². The summed E-state index contributed by atoms with van der Waals surface area (Å²) in [5, 5.41) is 3.26. The smallest absolute Gasteiger partial charge is 0.386 e. The molecule has 0 atom stereocenters. The maximum Gasteiger partial charge on any atom is 0.433 e. The van der Waals surface area contributed by atoms with E-state index in [9.17, 15) is 13.2 Å². The second kappa shape index (κ2) is 5.09. The van der Waals surface area contributed by atoms with Crippen LogP contribution in [0, 0.1) is 0 Å². The number of pyridine rings is 1. The molecule has 0 aliphatic rings. The summed E-state index contributed by atoms with van der Waals surface area (Å²) >= 11 is 5.85. The zero-order valence-electron chi connectivity index (χ0n) is 9.92. The van der Waals surface area contributed by atoms with Crippen molar-refractivity contribution in [2.24, 2.45) is 0 Å². The number of halogens is 4. The van der Waals surface area contributed by atoms with Crippen LogP contribution in [0.2, 0.25) is 5.02 Å². The van der Waals surface area contributed by atoms with Gasteiger partial charge in [0.1, 0.15) is 5.69 Å². The monoisotopic (exact) mass is 286 g/mol. The number of aromatic nitrogens is 1. The average Bonchev–Trinajstić information content (AvgIpc) is 2.37. The van der Waals surface area contributed by atoms with Gasteiger partial charge in [-0.25, -0.2) is 4.98 Å². The number of anilines is 1. The second-order valence-corrected chi connectivity index (χ2v) is 4.29. The van der Waals surface area contributed by atoms with Crippen molar-refractivity contribution < 1.29 is 13.2 Å². The Morgan fingerprint density at radius 2 is 1.89 bits per heavy atom. The number of hydrogen-bond acceptors (Lipinski definition) is 2. The lowest BCUT2D eigenvalue weighted by Crippen LogP contribution is -2.09. The van der Waals surface area contributed by atoms with Gasteiger partial charge in [-0.3, -0.25) is 0 Å². The lowest BCUT2D eigenvalue weighted by atomic mass is 10.1. The van der Waals surface area contributed by atoms with E-state index in [0.29, 0.717) is 16.3 Å². The van der Waals surface area contributed by atoms with E-state index in [1.807, 2.05) is 0 Å². The van der Waals surface area contributed by atoms with E-state index in [1.54, 1.807) is 31.3 Å². The second-order valence-electron chi connectivity index (χ2n) is 3.85. The zero-order chi connectivity index (χ0) is 14.0. The SMILES string of the molecule is CNc1ccc(C(F)(F)F)nc1-c1cccc(Cl)c1. The minimum atomic E-state index is -4.47.